The summed E-state index contributed by atoms with van der Waals surface area (Å²) in [5, 5.41) is 11.3. The van der Waals surface area contributed by atoms with Gasteiger partial charge in [0.1, 0.15) is 11.5 Å². The van der Waals surface area contributed by atoms with Crippen LogP contribution in [0.15, 0.2) is 12.1 Å². The van der Waals surface area contributed by atoms with Crippen LogP contribution in [0.5, 0.6) is 11.5 Å². The first-order valence-electron chi connectivity index (χ1n) is 21.8. The zero-order valence-electron chi connectivity index (χ0n) is 35.1. The van der Waals surface area contributed by atoms with Gasteiger partial charge >= 0.3 is 11.9 Å². The number of carbonyl (C=O) groups is 2. The predicted octanol–water partition coefficient (Wildman–Crippen LogP) is 13.6. The molecule has 0 aliphatic heterocycles. The van der Waals surface area contributed by atoms with E-state index in [0.717, 1.165) is 55.4 Å². The van der Waals surface area contributed by atoms with E-state index in [1.165, 1.54) is 103 Å². The van der Waals surface area contributed by atoms with Gasteiger partial charge in [-0.2, -0.15) is 0 Å². The number of aromatic hydroxyl groups is 1. The van der Waals surface area contributed by atoms with E-state index >= 15 is 0 Å². The Kier molecular flexibility index (Phi) is 26.8. The van der Waals surface area contributed by atoms with Crippen molar-refractivity contribution < 1.29 is 28.9 Å². The van der Waals surface area contributed by atoms with E-state index in [-0.39, 0.29) is 28.5 Å². The van der Waals surface area contributed by atoms with Gasteiger partial charge in [0.05, 0.1) is 19.8 Å². The Morgan fingerprint density at radius 2 is 0.885 bits per heavy atom. The number of hydrogen-bond acceptors (Lipinski definition) is 6. The topological polar surface area (TPSA) is 82.1 Å². The largest absolute Gasteiger partial charge is 0.508 e. The molecule has 0 aliphatic carbocycles. The standard InChI is InChI=1S/C46H82O6/c1-8-11-13-15-17-19-21-23-25-27-35-51-43(48)31-29-33-45(4,5)39-38-42(50-10-3)40(37-41(39)47)46(6,7)34-30-32-44(49)52-36-28-26-24-22-20-18-16-14-12-9-2/h37-38,47H,8-36H2,1-7H3. The van der Waals surface area contributed by atoms with Crippen LogP contribution in [-0.2, 0) is 29.9 Å². The van der Waals surface area contributed by atoms with Crippen molar-refractivity contribution in [2.24, 2.45) is 0 Å². The van der Waals surface area contributed by atoms with Crippen molar-refractivity contribution in [3.8, 4) is 11.5 Å². The van der Waals surface area contributed by atoms with E-state index < -0.39 is 0 Å². The fourth-order valence-corrected chi connectivity index (χ4v) is 7.23. The molecule has 302 valence electrons. The first kappa shape index (κ1) is 47.8. The molecular formula is C46H82O6. The summed E-state index contributed by atoms with van der Waals surface area (Å²) in [6.45, 7) is 16.5. The average molecular weight is 731 g/mol. The summed E-state index contributed by atoms with van der Waals surface area (Å²) in [4.78, 5) is 24.9. The highest BCUT2D eigenvalue weighted by molar-refractivity contribution is 5.69. The van der Waals surface area contributed by atoms with Crippen LogP contribution in [0.2, 0.25) is 0 Å². The number of unbranched alkanes of at least 4 members (excludes halogenated alkanes) is 18. The van der Waals surface area contributed by atoms with Gasteiger partial charge in [-0.1, -0.05) is 157 Å². The molecule has 6 nitrogen and oxygen atoms in total. The maximum absolute atomic E-state index is 12.5. The van der Waals surface area contributed by atoms with Crippen molar-refractivity contribution in [1.82, 2.24) is 0 Å². The highest BCUT2D eigenvalue weighted by Crippen LogP contribution is 2.44. The van der Waals surface area contributed by atoms with Gasteiger partial charge in [-0.05, 0) is 68.4 Å². The quantitative estimate of drug-likeness (QED) is 0.0561. The predicted molar refractivity (Wildman–Crippen MR) is 219 cm³/mol. The van der Waals surface area contributed by atoms with Gasteiger partial charge in [0.15, 0.2) is 0 Å². The van der Waals surface area contributed by atoms with Crippen molar-refractivity contribution in [3.63, 3.8) is 0 Å². The normalized spacial score (nSPS) is 11.9. The number of benzene rings is 1. The Hall–Kier alpha value is -2.24. The molecule has 1 rings (SSSR count). The van der Waals surface area contributed by atoms with Gasteiger partial charge in [0, 0.05) is 24.0 Å². The third-order valence-corrected chi connectivity index (χ3v) is 10.7. The molecule has 0 saturated heterocycles. The van der Waals surface area contributed by atoms with Crippen molar-refractivity contribution in [3.05, 3.63) is 23.3 Å². The molecule has 0 heterocycles. The van der Waals surface area contributed by atoms with Crippen LogP contribution in [0.3, 0.4) is 0 Å². The fourth-order valence-electron chi connectivity index (χ4n) is 7.23. The summed E-state index contributed by atoms with van der Waals surface area (Å²) in [5.74, 6) is 0.758. The van der Waals surface area contributed by atoms with Crippen LogP contribution in [0.4, 0.5) is 0 Å². The molecule has 1 N–H and O–H groups in total. The third kappa shape index (κ3) is 22.1. The number of esters is 2. The van der Waals surface area contributed by atoms with Crippen LogP contribution < -0.4 is 4.74 Å². The second-order valence-corrected chi connectivity index (χ2v) is 16.6. The van der Waals surface area contributed by atoms with Gasteiger partial charge in [-0.15, -0.1) is 0 Å². The first-order chi connectivity index (χ1) is 25.0. The van der Waals surface area contributed by atoms with Gasteiger partial charge in [-0.25, -0.2) is 0 Å². The minimum absolute atomic E-state index is 0.126. The maximum atomic E-state index is 12.5. The van der Waals surface area contributed by atoms with E-state index in [1.807, 2.05) is 19.1 Å². The van der Waals surface area contributed by atoms with Crippen LogP contribution in [-0.4, -0.2) is 36.9 Å². The van der Waals surface area contributed by atoms with Crippen LogP contribution in [0.25, 0.3) is 0 Å². The van der Waals surface area contributed by atoms with E-state index in [0.29, 0.717) is 45.5 Å². The lowest BCUT2D eigenvalue weighted by Gasteiger charge is -2.31. The lowest BCUT2D eigenvalue weighted by Crippen LogP contribution is -2.22. The SMILES string of the molecule is CCCCCCCCCCCCOC(=O)CCCC(C)(C)c1cc(OCC)c(C(C)(C)CCCC(=O)OCCCCCCCCCCCC)cc1O. The summed E-state index contributed by atoms with van der Waals surface area (Å²) in [6, 6.07) is 3.84. The summed E-state index contributed by atoms with van der Waals surface area (Å²) >= 11 is 0. The minimum Gasteiger partial charge on any atom is -0.508 e. The summed E-state index contributed by atoms with van der Waals surface area (Å²) in [6.07, 6.45) is 28.9. The zero-order chi connectivity index (χ0) is 38.5. The first-order valence-corrected chi connectivity index (χ1v) is 21.8. The van der Waals surface area contributed by atoms with Crippen molar-refractivity contribution >= 4 is 11.9 Å². The van der Waals surface area contributed by atoms with Crippen molar-refractivity contribution in [2.45, 2.75) is 226 Å². The molecule has 0 amide bonds. The highest BCUT2D eigenvalue weighted by atomic mass is 16.5. The molecule has 0 unspecified atom stereocenters. The van der Waals surface area contributed by atoms with Crippen molar-refractivity contribution in [2.75, 3.05) is 19.8 Å². The fraction of sp³-hybridized carbons (Fsp3) is 0.826. The Morgan fingerprint density at radius 3 is 1.27 bits per heavy atom. The number of hydrogen-bond donors (Lipinski definition) is 1. The van der Waals surface area contributed by atoms with Crippen LogP contribution in [0.1, 0.15) is 227 Å². The number of ether oxygens (including phenoxy) is 3. The molecule has 0 aliphatic rings. The Bertz CT molecular complexity index is 1060. The van der Waals surface area contributed by atoms with E-state index in [9.17, 15) is 14.7 Å². The lowest BCUT2D eigenvalue weighted by atomic mass is 9.75. The molecule has 0 saturated carbocycles. The minimum atomic E-state index is -0.354. The number of phenols is 1. The Morgan fingerprint density at radius 1 is 0.519 bits per heavy atom. The third-order valence-electron chi connectivity index (χ3n) is 10.7. The van der Waals surface area contributed by atoms with Gasteiger partial charge in [0.25, 0.3) is 0 Å². The zero-order valence-corrected chi connectivity index (χ0v) is 35.1. The van der Waals surface area contributed by atoms with Gasteiger partial charge < -0.3 is 19.3 Å². The van der Waals surface area contributed by atoms with E-state index in [2.05, 4.69) is 41.5 Å². The Labute approximate surface area is 320 Å². The second kappa shape index (κ2) is 29.2. The summed E-state index contributed by atoms with van der Waals surface area (Å²) in [5.41, 5.74) is 1.11. The molecule has 0 radical (unpaired) electrons. The van der Waals surface area contributed by atoms with Gasteiger partial charge in [-0.3, -0.25) is 9.59 Å². The summed E-state index contributed by atoms with van der Waals surface area (Å²) < 4.78 is 17.2. The molecule has 0 aromatic heterocycles. The molecule has 0 fully saturated rings. The molecule has 6 heteroatoms. The van der Waals surface area contributed by atoms with Crippen LogP contribution >= 0.6 is 0 Å². The van der Waals surface area contributed by atoms with E-state index in [1.54, 1.807) is 0 Å². The van der Waals surface area contributed by atoms with E-state index in [4.69, 9.17) is 14.2 Å². The monoisotopic (exact) mass is 731 g/mol. The number of carbonyl (C=O) groups excluding carboxylic acids is 2. The maximum Gasteiger partial charge on any atom is 0.305 e. The van der Waals surface area contributed by atoms with Crippen molar-refractivity contribution in [1.29, 1.82) is 0 Å². The Balaban J connectivity index is 2.46. The smallest absolute Gasteiger partial charge is 0.305 e. The molecule has 1 aromatic carbocycles. The number of rotatable bonds is 34. The molecule has 0 spiro atoms. The molecule has 0 bridgehead atoms. The average Bonchev–Trinajstić information content (AvgIpc) is 3.10. The lowest BCUT2D eigenvalue weighted by molar-refractivity contribution is -0.144. The summed E-state index contributed by atoms with van der Waals surface area (Å²) in [7, 11) is 0. The molecule has 0 atom stereocenters. The molecule has 1 aromatic rings. The number of phenolic OH excluding ortho intramolecular Hbond substituents is 1. The van der Waals surface area contributed by atoms with Crippen LogP contribution in [0, 0.1) is 0 Å². The highest BCUT2D eigenvalue weighted by Gasteiger charge is 2.31. The molecular weight excluding hydrogens is 649 g/mol. The molecule has 52 heavy (non-hydrogen) atoms. The second-order valence-electron chi connectivity index (χ2n) is 16.6. The van der Waals surface area contributed by atoms with Gasteiger partial charge in [0.2, 0.25) is 0 Å².